The molecule has 0 atom stereocenters. The molecule has 0 unspecified atom stereocenters. The van der Waals surface area contributed by atoms with Crippen molar-refractivity contribution in [2.75, 3.05) is 31.2 Å². The number of nitriles is 1. The van der Waals surface area contributed by atoms with Gasteiger partial charge in [0.2, 0.25) is 5.56 Å². The minimum absolute atomic E-state index is 0. The summed E-state index contributed by atoms with van der Waals surface area (Å²) in [5.74, 6) is 0.364. The molecule has 0 saturated carbocycles. The van der Waals surface area contributed by atoms with E-state index in [2.05, 4.69) is 9.97 Å². The third-order valence-corrected chi connectivity index (χ3v) is 3.59. The topological polar surface area (TPSA) is 80.3 Å². The molecule has 0 spiro atoms. The second kappa shape index (κ2) is 7.75. The Morgan fingerprint density at radius 1 is 1.26 bits per heavy atom. The zero-order chi connectivity index (χ0) is 15.5. The van der Waals surface area contributed by atoms with Gasteiger partial charge in [-0.25, -0.2) is 0 Å². The number of anilines is 1. The van der Waals surface area contributed by atoms with E-state index in [1.807, 2.05) is 42.2 Å². The standard InChI is InChI=1S/C16H16N4O2.Na/c1-11-2-4-12(5-3-11)14-13(10-17)15(21)19-16(18-14)20-6-8-22-9-7-20;/h2-5H,6-9H2,1H3,(H,18,19,21);/q;+1/p-1. The summed E-state index contributed by atoms with van der Waals surface area (Å²) < 4.78 is 5.30. The Morgan fingerprint density at radius 2 is 1.91 bits per heavy atom. The normalized spacial score (nSPS) is 14.0. The summed E-state index contributed by atoms with van der Waals surface area (Å²) in [4.78, 5) is 22.5. The number of aromatic nitrogens is 2. The molecular formula is C16H15N4NaO2. The summed E-state index contributed by atoms with van der Waals surface area (Å²) in [5.41, 5.74) is 1.70. The van der Waals surface area contributed by atoms with Crippen molar-refractivity contribution < 1.29 is 34.3 Å². The van der Waals surface area contributed by atoms with Crippen LogP contribution in [-0.4, -0.2) is 31.3 Å². The van der Waals surface area contributed by atoms with Crippen LogP contribution in [0.25, 0.3) is 11.3 Å². The summed E-state index contributed by atoms with van der Waals surface area (Å²) >= 11 is 0. The van der Waals surface area contributed by atoms with E-state index < -0.39 is 5.56 Å². The summed E-state index contributed by atoms with van der Waals surface area (Å²) in [6.45, 7) is 4.42. The van der Waals surface area contributed by atoms with Crippen LogP contribution in [0, 0.1) is 18.3 Å². The van der Waals surface area contributed by atoms with Gasteiger partial charge in [0, 0.05) is 11.6 Å². The number of hydrogen-bond donors (Lipinski definition) is 0. The van der Waals surface area contributed by atoms with Crippen molar-refractivity contribution in [3.8, 4) is 17.3 Å². The molecule has 6 nitrogen and oxygen atoms in total. The monoisotopic (exact) mass is 318 g/mol. The van der Waals surface area contributed by atoms with Gasteiger partial charge in [-0.3, -0.25) is 4.79 Å². The van der Waals surface area contributed by atoms with E-state index in [4.69, 9.17) is 4.74 Å². The zero-order valence-electron chi connectivity index (χ0n) is 13.2. The predicted molar refractivity (Wildman–Crippen MR) is 81.7 cm³/mol. The van der Waals surface area contributed by atoms with Gasteiger partial charge < -0.3 is 19.6 Å². The fraction of sp³-hybridized carbons (Fsp3) is 0.312. The Hall–Kier alpha value is -1.65. The molecule has 1 aliphatic rings. The molecule has 3 rings (SSSR count). The summed E-state index contributed by atoms with van der Waals surface area (Å²) in [7, 11) is 0. The van der Waals surface area contributed by atoms with Crippen LogP contribution in [0.5, 0.6) is 0 Å². The van der Waals surface area contributed by atoms with Gasteiger partial charge in [0.15, 0.2) is 0 Å². The van der Waals surface area contributed by atoms with Crippen LogP contribution in [0.15, 0.2) is 29.1 Å². The largest absolute Gasteiger partial charge is 1.00 e. The van der Waals surface area contributed by atoms with E-state index in [9.17, 15) is 10.1 Å². The molecule has 23 heavy (non-hydrogen) atoms. The fourth-order valence-corrected chi connectivity index (χ4v) is 2.35. The Bertz CT molecular complexity index is 774. The molecule has 7 heteroatoms. The minimum atomic E-state index is -0.533. The van der Waals surface area contributed by atoms with Gasteiger partial charge >= 0.3 is 29.6 Å². The summed E-state index contributed by atoms with van der Waals surface area (Å²) in [5, 5.41) is 9.25. The second-order valence-electron chi connectivity index (χ2n) is 5.13. The van der Waals surface area contributed by atoms with Crippen LogP contribution in [0.1, 0.15) is 11.1 Å². The van der Waals surface area contributed by atoms with Crippen LogP contribution >= 0.6 is 0 Å². The molecule has 1 fully saturated rings. The van der Waals surface area contributed by atoms with E-state index in [-0.39, 0.29) is 35.1 Å². The van der Waals surface area contributed by atoms with Gasteiger partial charge in [-0.05, 0) is 25.6 Å². The molecular weight excluding hydrogens is 303 g/mol. The van der Waals surface area contributed by atoms with Gasteiger partial charge in [-0.2, -0.15) is 5.26 Å². The van der Waals surface area contributed by atoms with Crippen LogP contribution in [-0.2, 0) is 4.74 Å². The average molecular weight is 318 g/mol. The quantitative estimate of drug-likeness (QED) is 0.601. The molecule has 0 aliphatic carbocycles. The molecule has 112 valence electrons. The Morgan fingerprint density at radius 3 is 2.52 bits per heavy atom. The van der Waals surface area contributed by atoms with Crippen LogP contribution < -0.4 is 45.0 Å². The van der Waals surface area contributed by atoms with Gasteiger partial charge in [0.25, 0.3) is 0 Å². The van der Waals surface area contributed by atoms with Crippen LogP contribution in [0.2, 0.25) is 0 Å². The van der Waals surface area contributed by atoms with E-state index >= 15 is 0 Å². The number of ether oxygens (including phenoxy) is 1. The first-order valence-corrected chi connectivity index (χ1v) is 7.08. The summed E-state index contributed by atoms with van der Waals surface area (Å²) in [6, 6.07) is 9.51. The van der Waals surface area contributed by atoms with E-state index in [1.165, 1.54) is 0 Å². The number of morpholine rings is 1. The first-order valence-electron chi connectivity index (χ1n) is 7.08. The van der Waals surface area contributed by atoms with Crippen LogP contribution in [0.4, 0.5) is 5.95 Å². The molecule has 0 N–H and O–H groups in total. The molecule has 0 radical (unpaired) electrons. The van der Waals surface area contributed by atoms with Crippen molar-refractivity contribution in [3.05, 3.63) is 45.7 Å². The summed E-state index contributed by atoms with van der Waals surface area (Å²) in [6.07, 6.45) is 0. The van der Waals surface area contributed by atoms with Gasteiger partial charge in [-0.15, -0.1) is 0 Å². The number of rotatable bonds is 2. The smallest absolute Gasteiger partial charge is 0.421 e. The van der Waals surface area contributed by atoms with Crippen molar-refractivity contribution in [1.82, 2.24) is 9.97 Å². The molecule has 1 aromatic heterocycles. The fourth-order valence-electron chi connectivity index (χ4n) is 2.35. The molecule has 2 heterocycles. The third-order valence-electron chi connectivity index (χ3n) is 3.59. The Balaban J connectivity index is 0.00000192. The third kappa shape index (κ3) is 3.82. The predicted octanol–water partition coefficient (Wildman–Crippen LogP) is -1.91. The molecule has 2 aromatic rings. The SMILES string of the molecule is Cc1ccc(-c2nc(N3CCOCC3)[n-]c(=O)c2C#N)cc1.[Na+]. The molecule has 1 aliphatic heterocycles. The maximum absolute atomic E-state index is 12.1. The zero-order valence-corrected chi connectivity index (χ0v) is 15.2. The molecule has 1 saturated heterocycles. The van der Waals surface area contributed by atoms with E-state index in [1.54, 1.807) is 0 Å². The first kappa shape index (κ1) is 17.7. The van der Waals surface area contributed by atoms with Crippen molar-refractivity contribution in [2.24, 2.45) is 0 Å². The van der Waals surface area contributed by atoms with E-state index in [0.717, 1.165) is 11.1 Å². The van der Waals surface area contributed by atoms with Crippen molar-refractivity contribution in [1.29, 1.82) is 5.26 Å². The van der Waals surface area contributed by atoms with Crippen molar-refractivity contribution in [2.45, 2.75) is 6.92 Å². The van der Waals surface area contributed by atoms with Crippen molar-refractivity contribution >= 4 is 5.95 Å². The number of benzene rings is 1. The average Bonchev–Trinajstić information content (AvgIpc) is 2.55. The Kier molecular flexibility index (Phi) is 5.97. The van der Waals surface area contributed by atoms with Gasteiger partial charge in [0.1, 0.15) is 11.6 Å². The van der Waals surface area contributed by atoms with E-state index in [0.29, 0.717) is 37.9 Å². The molecule has 0 bridgehead atoms. The number of hydrogen-bond acceptors (Lipinski definition) is 5. The maximum Gasteiger partial charge on any atom is 1.00 e. The number of nitrogens with zero attached hydrogens (tertiary/aromatic N) is 4. The second-order valence-corrected chi connectivity index (χ2v) is 5.13. The van der Waals surface area contributed by atoms with Crippen LogP contribution in [0.3, 0.4) is 0 Å². The molecule has 1 aromatic carbocycles. The van der Waals surface area contributed by atoms with Gasteiger partial charge in [0.05, 0.1) is 13.2 Å². The minimum Gasteiger partial charge on any atom is -0.421 e. The molecule has 0 amide bonds. The first-order chi connectivity index (χ1) is 10.7. The van der Waals surface area contributed by atoms with Crippen molar-refractivity contribution in [3.63, 3.8) is 0 Å². The number of aryl methyl sites for hydroxylation is 1. The van der Waals surface area contributed by atoms with Gasteiger partial charge in [-0.1, -0.05) is 29.8 Å². The maximum atomic E-state index is 12.1. The Labute approximate surface area is 156 Å².